The summed E-state index contributed by atoms with van der Waals surface area (Å²) in [4.78, 5) is 0. The molecule has 0 aromatic heterocycles. The van der Waals surface area contributed by atoms with Gasteiger partial charge in [-0.15, -0.1) is 12.4 Å². The molecule has 3 heteroatoms. The Bertz CT molecular complexity index is 109. The monoisotopic (exact) mass is 176 g/mol. The smallest absolute Gasteiger partial charge is 0.0574 e. The van der Waals surface area contributed by atoms with Gasteiger partial charge in [-0.25, -0.2) is 0 Å². The summed E-state index contributed by atoms with van der Waals surface area (Å²) in [6.45, 7) is 1.21. The SMILES string of the molecule is C1CC(NC2CCCN2)C1.Cl. The van der Waals surface area contributed by atoms with Crippen LogP contribution >= 0.6 is 12.4 Å². The molecule has 0 aromatic rings. The first kappa shape index (κ1) is 9.30. The fourth-order valence-electron chi connectivity index (χ4n) is 1.69. The zero-order valence-electron chi connectivity index (χ0n) is 6.81. The van der Waals surface area contributed by atoms with Gasteiger partial charge < -0.3 is 5.32 Å². The number of rotatable bonds is 2. The van der Waals surface area contributed by atoms with E-state index in [1.54, 1.807) is 0 Å². The van der Waals surface area contributed by atoms with Crippen molar-refractivity contribution in [1.82, 2.24) is 10.6 Å². The maximum atomic E-state index is 3.60. The van der Waals surface area contributed by atoms with Crippen molar-refractivity contribution in [2.75, 3.05) is 6.54 Å². The molecule has 11 heavy (non-hydrogen) atoms. The summed E-state index contributed by atoms with van der Waals surface area (Å²) in [7, 11) is 0. The van der Waals surface area contributed by atoms with Gasteiger partial charge in [-0.05, 0) is 32.2 Å². The molecule has 2 N–H and O–H groups in total. The van der Waals surface area contributed by atoms with Crippen molar-refractivity contribution in [2.45, 2.75) is 44.3 Å². The summed E-state index contributed by atoms with van der Waals surface area (Å²) >= 11 is 0. The van der Waals surface area contributed by atoms with E-state index in [2.05, 4.69) is 10.6 Å². The van der Waals surface area contributed by atoms with Crippen LogP contribution in [0.2, 0.25) is 0 Å². The van der Waals surface area contributed by atoms with Gasteiger partial charge in [0.1, 0.15) is 0 Å². The highest BCUT2D eigenvalue weighted by Crippen LogP contribution is 2.19. The Kier molecular flexibility index (Phi) is 3.63. The summed E-state index contributed by atoms with van der Waals surface area (Å²) in [6, 6.07) is 0.843. The minimum atomic E-state index is 0. The molecular formula is C8H17ClN2. The average Bonchev–Trinajstić information content (AvgIpc) is 2.29. The van der Waals surface area contributed by atoms with Gasteiger partial charge in [0.15, 0.2) is 0 Å². The van der Waals surface area contributed by atoms with Crippen LogP contribution in [-0.2, 0) is 0 Å². The van der Waals surface area contributed by atoms with Crippen molar-refractivity contribution in [3.05, 3.63) is 0 Å². The molecule has 1 saturated heterocycles. The maximum Gasteiger partial charge on any atom is 0.0574 e. The fraction of sp³-hybridized carbons (Fsp3) is 1.00. The van der Waals surface area contributed by atoms with Crippen molar-refractivity contribution in [3.8, 4) is 0 Å². The number of hydrogen-bond donors (Lipinski definition) is 2. The van der Waals surface area contributed by atoms with Crippen LogP contribution in [0.15, 0.2) is 0 Å². The van der Waals surface area contributed by atoms with Gasteiger partial charge in [0, 0.05) is 6.04 Å². The van der Waals surface area contributed by atoms with E-state index >= 15 is 0 Å². The highest BCUT2D eigenvalue weighted by Gasteiger charge is 2.22. The topological polar surface area (TPSA) is 24.1 Å². The van der Waals surface area contributed by atoms with Crippen LogP contribution in [0.3, 0.4) is 0 Å². The molecule has 0 amide bonds. The molecule has 0 radical (unpaired) electrons. The van der Waals surface area contributed by atoms with Crippen molar-refractivity contribution < 1.29 is 0 Å². The van der Waals surface area contributed by atoms with E-state index in [0.717, 1.165) is 6.04 Å². The number of halogens is 1. The molecule has 0 bridgehead atoms. The van der Waals surface area contributed by atoms with Crippen molar-refractivity contribution in [1.29, 1.82) is 0 Å². The Balaban J connectivity index is 0.000000605. The standard InChI is InChI=1S/C8H16N2.ClH/c1-3-7(4-1)10-8-5-2-6-9-8;/h7-10H,1-6H2;1H. The average molecular weight is 177 g/mol. The molecule has 1 unspecified atom stereocenters. The Labute approximate surface area is 74.5 Å². The molecule has 1 atom stereocenters. The maximum absolute atomic E-state index is 3.60. The van der Waals surface area contributed by atoms with Crippen LogP contribution in [0.4, 0.5) is 0 Å². The van der Waals surface area contributed by atoms with Crippen LogP contribution in [0.5, 0.6) is 0 Å². The van der Waals surface area contributed by atoms with Gasteiger partial charge in [-0.2, -0.15) is 0 Å². The van der Waals surface area contributed by atoms with E-state index in [0.29, 0.717) is 6.17 Å². The van der Waals surface area contributed by atoms with Gasteiger partial charge in [-0.3, -0.25) is 5.32 Å². The van der Waals surface area contributed by atoms with Crippen molar-refractivity contribution in [3.63, 3.8) is 0 Å². The Morgan fingerprint density at radius 3 is 2.36 bits per heavy atom. The third kappa shape index (κ3) is 2.32. The van der Waals surface area contributed by atoms with Crippen molar-refractivity contribution in [2.24, 2.45) is 0 Å². The highest BCUT2D eigenvalue weighted by atomic mass is 35.5. The zero-order chi connectivity index (χ0) is 6.81. The first-order valence-electron chi connectivity index (χ1n) is 4.44. The summed E-state index contributed by atoms with van der Waals surface area (Å²) < 4.78 is 0. The summed E-state index contributed by atoms with van der Waals surface area (Å²) in [5, 5.41) is 7.05. The summed E-state index contributed by atoms with van der Waals surface area (Å²) in [5.74, 6) is 0. The second kappa shape index (κ2) is 4.29. The molecule has 2 nitrogen and oxygen atoms in total. The normalized spacial score (nSPS) is 31.1. The lowest BCUT2D eigenvalue weighted by atomic mass is 9.93. The second-order valence-corrected chi connectivity index (χ2v) is 3.44. The van der Waals surface area contributed by atoms with Gasteiger partial charge in [-0.1, -0.05) is 6.42 Å². The predicted octanol–water partition coefficient (Wildman–Crippen LogP) is 1.26. The zero-order valence-corrected chi connectivity index (χ0v) is 7.62. The lowest BCUT2D eigenvalue weighted by Gasteiger charge is -2.29. The van der Waals surface area contributed by atoms with E-state index < -0.39 is 0 Å². The van der Waals surface area contributed by atoms with E-state index in [9.17, 15) is 0 Å². The molecule has 1 saturated carbocycles. The van der Waals surface area contributed by atoms with Crippen LogP contribution in [-0.4, -0.2) is 18.8 Å². The molecule has 1 aliphatic carbocycles. The van der Waals surface area contributed by atoms with Gasteiger partial charge in [0.2, 0.25) is 0 Å². The number of nitrogens with one attached hydrogen (secondary N) is 2. The molecule has 2 rings (SSSR count). The van der Waals surface area contributed by atoms with Crippen molar-refractivity contribution >= 4 is 12.4 Å². The molecule has 0 aromatic carbocycles. The molecule has 0 spiro atoms. The number of hydrogen-bond acceptors (Lipinski definition) is 2. The van der Waals surface area contributed by atoms with Gasteiger partial charge in [0.25, 0.3) is 0 Å². The van der Waals surface area contributed by atoms with Gasteiger partial charge >= 0.3 is 0 Å². The quantitative estimate of drug-likeness (QED) is 0.662. The van der Waals surface area contributed by atoms with Crippen LogP contribution in [0.1, 0.15) is 32.1 Å². The predicted molar refractivity (Wildman–Crippen MR) is 49.0 cm³/mol. The fourth-order valence-corrected chi connectivity index (χ4v) is 1.69. The lowest BCUT2D eigenvalue weighted by molar-refractivity contribution is 0.293. The first-order valence-corrected chi connectivity index (χ1v) is 4.44. The minimum absolute atomic E-state index is 0. The Morgan fingerprint density at radius 2 is 1.91 bits per heavy atom. The molecule has 1 aliphatic heterocycles. The van der Waals surface area contributed by atoms with Crippen LogP contribution < -0.4 is 10.6 Å². The largest absolute Gasteiger partial charge is 0.302 e. The van der Waals surface area contributed by atoms with E-state index in [1.807, 2.05) is 0 Å². The molecule has 1 heterocycles. The lowest BCUT2D eigenvalue weighted by Crippen LogP contribution is -2.46. The Morgan fingerprint density at radius 1 is 1.09 bits per heavy atom. The molecule has 2 aliphatic rings. The highest BCUT2D eigenvalue weighted by molar-refractivity contribution is 5.85. The van der Waals surface area contributed by atoms with E-state index in [-0.39, 0.29) is 12.4 Å². The van der Waals surface area contributed by atoms with Crippen LogP contribution in [0, 0.1) is 0 Å². The molecule has 66 valence electrons. The van der Waals surface area contributed by atoms with E-state index in [4.69, 9.17) is 0 Å². The minimum Gasteiger partial charge on any atom is -0.302 e. The summed E-state index contributed by atoms with van der Waals surface area (Å²) in [6.07, 6.45) is 7.56. The first-order chi connectivity index (χ1) is 4.95. The second-order valence-electron chi connectivity index (χ2n) is 3.44. The van der Waals surface area contributed by atoms with E-state index in [1.165, 1.54) is 38.6 Å². The Hall–Kier alpha value is 0.210. The van der Waals surface area contributed by atoms with Gasteiger partial charge in [0.05, 0.1) is 6.17 Å². The van der Waals surface area contributed by atoms with Crippen LogP contribution in [0.25, 0.3) is 0 Å². The molecule has 2 fully saturated rings. The molecular weight excluding hydrogens is 160 g/mol. The summed E-state index contributed by atoms with van der Waals surface area (Å²) in [5.41, 5.74) is 0. The third-order valence-electron chi connectivity index (χ3n) is 2.60. The third-order valence-corrected chi connectivity index (χ3v) is 2.60.